The first-order chi connectivity index (χ1) is 10.7. The van der Waals surface area contributed by atoms with Gasteiger partial charge in [0.1, 0.15) is 0 Å². The smallest absolute Gasteiger partial charge is 0.269 e. The van der Waals surface area contributed by atoms with Crippen LogP contribution in [0.4, 0.5) is 0 Å². The molecule has 0 unspecified atom stereocenters. The fourth-order valence-corrected chi connectivity index (χ4v) is 2.21. The summed E-state index contributed by atoms with van der Waals surface area (Å²) in [5, 5.41) is 12.5. The van der Waals surface area contributed by atoms with E-state index in [-0.39, 0.29) is 12.2 Å². The lowest BCUT2D eigenvalue weighted by Crippen LogP contribution is -2.18. The Morgan fingerprint density at radius 2 is 1.82 bits per heavy atom. The van der Waals surface area contributed by atoms with Gasteiger partial charge in [-0.2, -0.15) is 5.21 Å². The van der Waals surface area contributed by atoms with E-state index in [2.05, 4.69) is 25.6 Å². The quantitative estimate of drug-likeness (QED) is 0.523. The Morgan fingerprint density at radius 3 is 2.55 bits per heavy atom. The molecule has 110 valence electrons. The van der Waals surface area contributed by atoms with Gasteiger partial charge in [-0.3, -0.25) is 9.59 Å². The number of tetrazole rings is 1. The number of benzene rings is 1. The number of hydrogen-bond acceptors (Lipinski definition) is 5. The van der Waals surface area contributed by atoms with Gasteiger partial charge in [0, 0.05) is 18.8 Å². The molecule has 2 heterocycles. The van der Waals surface area contributed by atoms with E-state index in [1.165, 1.54) is 0 Å². The van der Waals surface area contributed by atoms with Gasteiger partial charge in [0.25, 0.3) is 5.78 Å². The SMILES string of the molecule is O=C(Cc1c[nH]cc1Cc1ccccc1)C(=O)c1nn[nH]n1. The van der Waals surface area contributed by atoms with Gasteiger partial charge in [0.2, 0.25) is 11.6 Å². The zero-order valence-electron chi connectivity index (χ0n) is 11.6. The molecule has 1 aromatic carbocycles. The monoisotopic (exact) mass is 295 g/mol. The number of rotatable bonds is 6. The molecule has 2 N–H and O–H groups in total. The standard InChI is InChI=1S/C15H13N5O2/c21-13(14(22)15-17-19-20-18-15)7-12-9-16-8-11(12)6-10-4-2-1-3-5-10/h1-5,8-9,16H,6-7H2,(H,17,18,19,20). The number of carbonyl (C=O) groups is 2. The van der Waals surface area contributed by atoms with Crippen LogP contribution in [0.25, 0.3) is 0 Å². The molecule has 0 aliphatic heterocycles. The van der Waals surface area contributed by atoms with Crippen LogP contribution in [-0.2, 0) is 17.6 Å². The van der Waals surface area contributed by atoms with Crippen molar-refractivity contribution in [2.24, 2.45) is 0 Å². The molecule has 0 bridgehead atoms. The Labute approximate surface area is 125 Å². The summed E-state index contributed by atoms with van der Waals surface area (Å²) in [6, 6.07) is 9.92. The number of aromatic amines is 2. The van der Waals surface area contributed by atoms with Crippen molar-refractivity contribution in [3.8, 4) is 0 Å². The molecule has 0 amide bonds. The second kappa shape index (κ2) is 6.13. The number of nitrogens with zero attached hydrogens (tertiary/aromatic N) is 3. The van der Waals surface area contributed by atoms with Crippen molar-refractivity contribution in [3.05, 3.63) is 65.2 Å². The maximum Gasteiger partial charge on any atom is 0.269 e. The molecule has 0 atom stereocenters. The van der Waals surface area contributed by atoms with Gasteiger partial charge in [0.05, 0.1) is 0 Å². The molecular weight excluding hydrogens is 282 g/mol. The molecule has 22 heavy (non-hydrogen) atoms. The van der Waals surface area contributed by atoms with Crippen LogP contribution in [0, 0.1) is 0 Å². The van der Waals surface area contributed by atoms with E-state index in [4.69, 9.17) is 0 Å². The van der Waals surface area contributed by atoms with Crippen molar-refractivity contribution in [1.82, 2.24) is 25.6 Å². The van der Waals surface area contributed by atoms with Crippen LogP contribution in [-0.4, -0.2) is 37.2 Å². The molecule has 3 aromatic rings. The van der Waals surface area contributed by atoms with Crippen LogP contribution >= 0.6 is 0 Å². The van der Waals surface area contributed by atoms with E-state index in [1.54, 1.807) is 6.20 Å². The van der Waals surface area contributed by atoms with Crippen molar-refractivity contribution in [1.29, 1.82) is 0 Å². The number of hydrogen-bond donors (Lipinski definition) is 2. The van der Waals surface area contributed by atoms with Crippen LogP contribution in [0.5, 0.6) is 0 Å². The van der Waals surface area contributed by atoms with Crippen molar-refractivity contribution < 1.29 is 9.59 Å². The van der Waals surface area contributed by atoms with Gasteiger partial charge >= 0.3 is 0 Å². The lowest BCUT2D eigenvalue weighted by atomic mass is 10.00. The minimum atomic E-state index is -0.736. The molecule has 0 saturated carbocycles. The molecule has 0 saturated heterocycles. The minimum Gasteiger partial charge on any atom is -0.367 e. The number of aromatic nitrogens is 5. The molecule has 7 heteroatoms. The summed E-state index contributed by atoms with van der Waals surface area (Å²) in [5.74, 6) is -1.50. The highest BCUT2D eigenvalue weighted by molar-refractivity contribution is 6.43. The average Bonchev–Trinajstić information content (AvgIpc) is 3.20. The molecule has 3 rings (SSSR count). The molecule has 2 aromatic heterocycles. The highest BCUT2D eigenvalue weighted by Gasteiger charge is 2.22. The summed E-state index contributed by atoms with van der Waals surface area (Å²) in [6.07, 6.45) is 4.29. The third-order valence-corrected chi connectivity index (χ3v) is 3.32. The third kappa shape index (κ3) is 2.98. The third-order valence-electron chi connectivity index (χ3n) is 3.32. The molecule has 0 aliphatic carbocycles. The summed E-state index contributed by atoms with van der Waals surface area (Å²) in [7, 11) is 0. The zero-order valence-corrected chi connectivity index (χ0v) is 11.6. The van der Waals surface area contributed by atoms with Gasteiger partial charge in [-0.25, -0.2) is 0 Å². The molecule has 0 aliphatic rings. The number of carbonyl (C=O) groups excluding carboxylic acids is 2. The highest BCUT2D eigenvalue weighted by atomic mass is 16.2. The summed E-state index contributed by atoms with van der Waals surface area (Å²) < 4.78 is 0. The summed E-state index contributed by atoms with van der Waals surface area (Å²) in [5.41, 5.74) is 2.92. The molecule has 0 fully saturated rings. The number of ketones is 2. The van der Waals surface area contributed by atoms with Crippen molar-refractivity contribution in [2.45, 2.75) is 12.8 Å². The van der Waals surface area contributed by atoms with E-state index in [0.29, 0.717) is 6.42 Å². The first-order valence-electron chi connectivity index (χ1n) is 6.73. The molecule has 7 nitrogen and oxygen atoms in total. The maximum absolute atomic E-state index is 12.0. The van der Waals surface area contributed by atoms with Crippen molar-refractivity contribution in [2.75, 3.05) is 0 Å². The Kier molecular flexibility index (Phi) is 3.86. The Morgan fingerprint density at radius 1 is 1.05 bits per heavy atom. The highest BCUT2D eigenvalue weighted by Crippen LogP contribution is 2.15. The predicted octanol–water partition coefficient (Wildman–Crippen LogP) is 1.11. The van der Waals surface area contributed by atoms with E-state index in [0.717, 1.165) is 16.7 Å². The lowest BCUT2D eigenvalue weighted by molar-refractivity contribution is -0.114. The number of Topliss-reactive ketones (excluding diaryl/α,β-unsaturated/α-hetero) is 2. The molecular formula is C15H13N5O2. The van der Waals surface area contributed by atoms with Crippen molar-refractivity contribution >= 4 is 11.6 Å². The summed E-state index contributed by atoms with van der Waals surface area (Å²) >= 11 is 0. The van der Waals surface area contributed by atoms with E-state index in [1.807, 2.05) is 36.5 Å². The Hall–Kier alpha value is -3.09. The van der Waals surface area contributed by atoms with E-state index < -0.39 is 11.6 Å². The van der Waals surface area contributed by atoms with Crippen LogP contribution in [0.3, 0.4) is 0 Å². The number of H-pyrrole nitrogens is 2. The second-order valence-electron chi connectivity index (χ2n) is 4.83. The molecule has 0 spiro atoms. The van der Waals surface area contributed by atoms with Gasteiger partial charge < -0.3 is 4.98 Å². The Bertz CT molecular complexity index is 777. The van der Waals surface area contributed by atoms with Gasteiger partial charge in [-0.05, 0) is 28.3 Å². The Balaban J connectivity index is 1.72. The van der Waals surface area contributed by atoms with Crippen molar-refractivity contribution in [3.63, 3.8) is 0 Å². The topological polar surface area (TPSA) is 104 Å². The predicted molar refractivity (Wildman–Crippen MR) is 77.3 cm³/mol. The first-order valence-corrected chi connectivity index (χ1v) is 6.73. The largest absolute Gasteiger partial charge is 0.367 e. The number of nitrogens with one attached hydrogen (secondary N) is 2. The van der Waals surface area contributed by atoms with Gasteiger partial charge in [-0.15, -0.1) is 10.2 Å². The minimum absolute atomic E-state index is 0.0129. The summed E-state index contributed by atoms with van der Waals surface area (Å²) in [6.45, 7) is 0. The van der Waals surface area contributed by atoms with Crippen LogP contribution in [0.15, 0.2) is 42.7 Å². The fourth-order valence-electron chi connectivity index (χ4n) is 2.21. The van der Waals surface area contributed by atoms with E-state index >= 15 is 0 Å². The summed E-state index contributed by atoms with van der Waals surface area (Å²) in [4.78, 5) is 26.9. The normalized spacial score (nSPS) is 10.5. The fraction of sp³-hybridized carbons (Fsp3) is 0.133. The maximum atomic E-state index is 12.0. The van der Waals surface area contributed by atoms with E-state index in [9.17, 15) is 9.59 Å². The average molecular weight is 295 g/mol. The van der Waals surface area contributed by atoms with Crippen LogP contribution in [0.1, 0.15) is 27.3 Å². The van der Waals surface area contributed by atoms with Crippen LogP contribution in [0.2, 0.25) is 0 Å². The lowest BCUT2D eigenvalue weighted by Gasteiger charge is -2.03. The van der Waals surface area contributed by atoms with Gasteiger partial charge in [0.15, 0.2) is 0 Å². The zero-order chi connectivity index (χ0) is 15.4. The second-order valence-corrected chi connectivity index (χ2v) is 4.83. The van der Waals surface area contributed by atoms with Crippen LogP contribution < -0.4 is 0 Å². The first kappa shape index (κ1) is 13.9. The molecule has 0 radical (unpaired) electrons. The van der Waals surface area contributed by atoms with Gasteiger partial charge in [-0.1, -0.05) is 30.3 Å².